The van der Waals surface area contributed by atoms with Crippen LogP contribution >= 0.6 is 0 Å². The van der Waals surface area contributed by atoms with Crippen molar-refractivity contribution in [3.8, 4) is 0 Å². The van der Waals surface area contributed by atoms with Crippen molar-refractivity contribution in [2.45, 2.75) is 25.1 Å². The molecule has 2 aromatic heterocycles. The third kappa shape index (κ3) is 4.26. The summed E-state index contributed by atoms with van der Waals surface area (Å²) in [7, 11) is 0. The number of nitrogens with zero attached hydrogens (tertiary/aromatic N) is 3. The fraction of sp³-hybridized carbons (Fsp3) is 0.353. The molecule has 1 fully saturated rings. The molecule has 1 N–H and O–H groups in total. The lowest BCUT2D eigenvalue weighted by molar-refractivity contribution is -0.141. The lowest BCUT2D eigenvalue weighted by Crippen LogP contribution is -2.38. The van der Waals surface area contributed by atoms with E-state index in [4.69, 9.17) is 0 Å². The molecule has 1 aliphatic heterocycles. The quantitative estimate of drug-likeness (QED) is 0.925. The predicted octanol–water partition coefficient (Wildman–Crippen LogP) is 3.19. The Kier molecular flexibility index (Phi) is 4.87. The first-order chi connectivity index (χ1) is 11.9. The van der Waals surface area contributed by atoms with Crippen LogP contribution in [0.5, 0.6) is 0 Å². The van der Waals surface area contributed by atoms with Gasteiger partial charge in [0, 0.05) is 44.1 Å². The summed E-state index contributed by atoms with van der Waals surface area (Å²) in [6.45, 7) is 1.39. The lowest BCUT2D eigenvalue weighted by Gasteiger charge is -2.17. The van der Waals surface area contributed by atoms with Gasteiger partial charge in [-0.2, -0.15) is 13.2 Å². The number of alkyl halides is 3. The van der Waals surface area contributed by atoms with Crippen molar-refractivity contribution in [3.63, 3.8) is 0 Å². The highest BCUT2D eigenvalue weighted by Crippen LogP contribution is 2.28. The molecule has 1 aliphatic rings. The van der Waals surface area contributed by atoms with Crippen LogP contribution in [0.15, 0.2) is 42.9 Å². The molecular weight excluding hydrogens is 333 g/mol. The van der Waals surface area contributed by atoms with E-state index in [9.17, 15) is 18.0 Å². The normalized spacial score (nSPS) is 17.6. The number of hydrogen-bond acceptors (Lipinski definition) is 3. The topological polar surface area (TPSA) is 58.1 Å². The molecule has 0 bridgehead atoms. The highest BCUT2D eigenvalue weighted by molar-refractivity contribution is 5.74. The third-order valence-electron chi connectivity index (χ3n) is 4.21. The van der Waals surface area contributed by atoms with E-state index in [1.54, 1.807) is 17.3 Å². The van der Waals surface area contributed by atoms with Crippen molar-refractivity contribution in [1.29, 1.82) is 0 Å². The van der Waals surface area contributed by atoms with Crippen molar-refractivity contribution in [2.24, 2.45) is 0 Å². The number of nitrogens with one attached hydrogen (secondary N) is 1. The Morgan fingerprint density at radius 3 is 2.64 bits per heavy atom. The van der Waals surface area contributed by atoms with Gasteiger partial charge in [0.15, 0.2) is 0 Å². The SMILES string of the molecule is O=C(NCc1ccc(C(F)(F)F)nc1)N1CCC(c2ccncc2)C1. The van der Waals surface area contributed by atoms with Crippen LogP contribution in [0, 0.1) is 0 Å². The minimum Gasteiger partial charge on any atom is -0.334 e. The van der Waals surface area contributed by atoms with Crippen LogP contribution in [0.4, 0.5) is 18.0 Å². The van der Waals surface area contributed by atoms with E-state index >= 15 is 0 Å². The zero-order chi connectivity index (χ0) is 17.9. The molecule has 8 heteroatoms. The van der Waals surface area contributed by atoms with Crippen LogP contribution in [0.3, 0.4) is 0 Å². The van der Waals surface area contributed by atoms with E-state index in [0.29, 0.717) is 18.7 Å². The van der Waals surface area contributed by atoms with Gasteiger partial charge < -0.3 is 10.2 Å². The average molecular weight is 350 g/mol. The molecule has 0 aromatic carbocycles. The Labute approximate surface area is 142 Å². The molecule has 2 aromatic rings. The van der Waals surface area contributed by atoms with Crippen molar-refractivity contribution >= 4 is 6.03 Å². The molecule has 3 rings (SSSR count). The molecule has 1 saturated heterocycles. The monoisotopic (exact) mass is 350 g/mol. The third-order valence-corrected chi connectivity index (χ3v) is 4.21. The first-order valence-corrected chi connectivity index (χ1v) is 7.88. The van der Waals surface area contributed by atoms with Crippen LogP contribution < -0.4 is 5.32 Å². The molecule has 5 nitrogen and oxygen atoms in total. The van der Waals surface area contributed by atoms with Crippen LogP contribution in [-0.2, 0) is 12.7 Å². The Balaban J connectivity index is 1.52. The Morgan fingerprint density at radius 1 is 1.24 bits per heavy atom. The molecule has 0 saturated carbocycles. The maximum absolute atomic E-state index is 12.5. The maximum atomic E-state index is 12.5. The fourth-order valence-electron chi connectivity index (χ4n) is 2.84. The maximum Gasteiger partial charge on any atom is 0.433 e. The number of likely N-dealkylation sites (tertiary alicyclic amines) is 1. The zero-order valence-electron chi connectivity index (χ0n) is 13.3. The van der Waals surface area contributed by atoms with Crippen molar-refractivity contribution < 1.29 is 18.0 Å². The summed E-state index contributed by atoms with van der Waals surface area (Å²) in [5, 5.41) is 2.72. The van der Waals surface area contributed by atoms with Gasteiger partial charge in [0.05, 0.1) is 0 Å². The molecule has 132 valence electrons. The summed E-state index contributed by atoms with van der Waals surface area (Å²) < 4.78 is 37.4. The van der Waals surface area contributed by atoms with Gasteiger partial charge in [0.1, 0.15) is 5.69 Å². The Hall–Kier alpha value is -2.64. The van der Waals surface area contributed by atoms with E-state index in [-0.39, 0.29) is 18.5 Å². The second kappa shape index (κ2) is 7.08. The minimum atomic E-state index is -4.46. The van der Waals surface area contributed by atoms with Gasteiger partial charge in [0.2, 0.25) is 0 Å². The molecule has 1 atom stereocenters. The zero-order valence-corrected chi connectivity index (χ0v) is 13.3. The number of rotatable bonds is 3. The second-order valence-corrected chi connectivity index (χ2v) is 5.92. The first kappa shape index (κ1) is 17.2. The smallest absolute Gasteiger partial charge is 0.334 e. The van der Waals surface area contributed by atoms with Crippen LogP contribution in [-0.4, -0.2) is 34.0 Å². The van der Waals surface area contributed by atoms with Crippen LogP contribution in [0.2, 0.25) is 0 Å². The van der Waals surface area contributed by atoms with Crippen LogP contribution in [0.1, 0.15) is 29.2 Å². The molecule has 25 heavy (non-hydrogen) atoms. The van der Waals surface area contributed by atoms with Gasteiger partial charge in [0.25, 0.3) is 0 Å². The Morgan fingerprint density at radius 2 is 2.00 bits per heavy atom. The van der Waals surface area contributed by atoms with E-state index < -0.39 is 11.9 Å². The summed E-state index contributed by atoms with van der Waals surface area (Å²) in [5.74, 6) is 0.279. The summed E-state index contributed by atoms with van der Waals surface area (Å²) in [6.07, 6.45) is 1.01. The average Bonchev–Trinajstić information content (AvgIpc) is 3.10. The predicted molar refractivity (Wildman–Crippen MR) is 84.6 cm³/mol. The van der Waals surface area contributed by atoms with E-state index in [1.165, 1.54) is 6.07 Å². The lowest BCUT2D eigenvalue weighted by atomic mass is 10.00. The number of amides is 2. The Bertz CT molecular complexity index is 719. The number of hydrogen-bond donors (Lipinski definition) is 1. The van der Waals surface area contributed by atoms with Gasteiger partial charge in [-0.05, 0) is 35.7 Å². The van der Waals surface area contributed by atoms with Gasteiger partial charge in [-0.25, -0.2) is 4.79 Å². The van der Waals surface area contributed by atoms with E-state index in [2.05, 4.69) is 15.3 Å². The molecule has 2 amide bonds. The number of pyridine rings is 2. The summed E-state index contributed by atoms with van der Waals surface area (Å²) in [6, 6.07) is 5.90. The van der Waals surface area contributed by atoms with E-state index in [1.807, 2.05) is 12.1 Å². The minimum absolute atomic E-state index is 0.139. The summed E-state index contributed by atoms with van der Waals surface area (Å²) in [5.41, 5.74) is 0.728. The van der Waals surface area contributed by atoms with Gasteiger partial charge in [-0.15, -0.1) is 0 Å². The summed E-state index contributed by atoms with van der Waals surface area (Å²) in [4.78, 5) is 21.3. The molecule has 0 radical (unpaired) electrons. The van der Waals surface area contributed by atoms with Crippen molar-refractivity contribution in [2.75, 3.05) is 13.1 Å². The largest absolute Gasteiger partial charge is 0.433 e. The number of aromatic nitrogens is 2. The molecule has 0 aliphatic carbocycles. The molecule has 1 unspecified atom stereocenters. The molecule has 0 spiro atoms. The number of carbonyl (C=O) groups excluding carboxylic acids is 1. The van der Waals surface area contributed by atoms with Gasteiger partial charge in [-0.3, -0.25) is 9.97 Å². The number of urea groups is 1. The molecule has 3 heterocycles. The van der Waals surface area contributed by atoms with Gasteiger partial charge in [-0.1, -0.05) is 6.07 Å². The standard InChI is InChI=1S/C17H17F3N4O/c18-17(19,20)15-2-1-12(9-22-15)10-23-16(25)24-8-5-14(11-24)13-3-6-21-7-4-13/h1-4,6-7,9,14H,5,8,10-11H2,(H,23,25). The van der Waals surface area contributed by atoms with Crippen LogP contribution in [0.25, 0.3) is 0 Å². The first-order valence-electron chi connectivity index (χ1n) is 7.88. The van der Waals surface area contributed by atoms with Crippen molar-refractivity contribution in [3.05, 3.63) is 59.7 Å². The van der Waals surface area contributed by atoms with Gasteiger partial charge >= 0.3 is 12.2 Å². The fourth-order valence-corrected chi connectivity index (χ4v) is 2.84. The highest BCUT2D eigenvalue weighted by Gasteiger charge is 2.32. The number of carbonyl (C=O) groups is 1. The molecular formula is C17H17F3N4O. The van der Waals surface area contributed by atoms with Crippen molar-refractivity contribution in [1.82, 2.24) is 20.2 Å². The highest BCUT2D eigenvalue weighted by atomic mass is 19.4. The number of halogens is 3. The summed E-state index contributed by atoms with van der Waals surface area (Å²) >= 11 is 0. The second-order valence-electron chi connectivity index (χ2n) is 5.92. The van der Waals surface area contributed by atoms with E-state index in [0.717, 1.165) is 24.2 Å².